The minimum absolute atomic E-state index is 0.516. The smallest absolute Gasteiger partial charge is 0.236 e. The molecule has 1 aromatic rings. The molecular formula is C12H21N3OS. The standard InChI is InChI=1S/C12H21N3OS/c1-12(2,13)11-14-10(16-15-11)8-17-7-9-5-3-4-6-9/h9H,3-8,13H2,1-2H3. The molecule has 0 bridgehead atoms. The third-order valence-electron chi connectivity index (χ3n) is 3.10. The fraction of sp³-hybridized carbons (Fsp3) is 0.833. The number of nitrogens with two attached hydrogens (primary N) is 1. The quantitative estimate of drug-likeness (QED) is 0.876. The van der Waals surface area contributed by atoms with E-state index in [-0.39, 0.29) is 0 Å². The van der Waals surface area contributed by atoms with E-state index in [1.54, 1.807) is 0 Å². The molecule has 2 rings (SSSR count). The van der Waals surface area contributed by atoms with Crippen molar-refractivity contribution in [3.8, 4) is 0 Å². The minimum Gasteiger partial charge on any atom is -0.338 e. The highest BCUT2D eigenvalue weighted by Crippen LogP contribution is 2.28. The van der Waals surface area contributed by atoms with Gasteiger partial charge in [0, 0.05) is 0 Å². The SMILES string of the molecule is CC(C)(N)c1noc(CSCC2CCCC2)n1. The predicted molar refractivity (Wildman–Crippen MR) is 69.6 cm³/mol. The molecule has 0 aromatic carbocycles. The number of thioether (sulfide) groups is 1. The summed E-state index contributed by atoms with van der Waals surface area (Å²) in [5, 5.41) is 3.91. The number of hydrogen-bond acceptors (Lipinski definition) is 5. The molecule has 0 saturated heterocycles. The van der Waals surface area contributed by atoms with Crippen molar-refractivity contribution >= 4 is 11.8 Å². The predicted octanol–water partition coefficient (Wildman–Crippen LogP) is 2.69. The van der Waals surface area contributed by atoms with Gasteiger partial charge in [-0.05, 0) is 38.4 Å². The highest BCUT2D eigenvalue weighted by Gasteiger charge is 2.21. The molecule has 2 N–H and O–H groups in total. The van der Waals surface area contributed by atoms with Gasteiger partial charge in [-0.2, -0.15) is 16.7 Å². The fourth-order valence-electron chi connectivity index (χ4n) is 2.07. The molecule has 96 valence electrons. The topological polar surface area (TPSA) is 64.9 Å². The molecule has 0 amide bonds. The summed E-state index contributed by atoms with van der Waals surface area (Å²) in [6, 6.07) is 0. The summed E-state index contributed by atoms with van der Waals surface area (Å²) in [5.74, 6) is 4.20. The average Bonchev–Trinajstić information content (AvgIpc) is 2.86. The minimum atomic E-state index is -0.516. The Morgan fingerprint density at radius 2 is 2.12 bits per heavy atom. The van der Waals surface area contributed by atoms with Gasteiger partial charge < -0.3 is 10.3 Å². The van der Waals surface area contributed by atoms with E-state index in [0.717, 1.165) is 11.7 Å². The molecule has 1 heterocycles. The van der Waals surface area contributed by atoms with Crippen LogP contribution in [0.1, 0.15) is 51.2 Å². The Kier molecular flexibility index (Phi) is 4.09. The van der Waals surface area contributed by atoms with Crippen molar-refractivity contribution in [2.24, 2.45) is 11.7 Å². The van der Waals surface area contributed by atoms with Gasteiger partial charge in [0.1, 0.15) is 0 Å². The van der Waals surface area contributed by atoms with Crippen LogP contribution in [0.3, 0.4) is 0 Å². The summed E-state index contributed by atoms with van der Waals surface area (Å²) < 4.78 is 5.19. The van der Waals surface area contributed by atoms with Gasteiger partial charge in [0.25, 0.3) is 0 Å². The highest BCUT2D eigenvalue weighted by molar-refractivity contribution is 7.98. The van der Waals surface area contributed by atoms with E-state index in [2.05, 4.69) is 10.1 Å². The first-order valence-electron chi connectivity index (χ1n) is 6.25. The molecular weight excluding hydrogens is 234 g/mol. The maximum absolute atomic E-state index is 5.91. The van der Waals surface area contributed by atoms with Gasteiger partial charge in [-0.25, -0.2) is 0 Å². The van der Waals surface area contributed by atoms with E-state index in [4.69, 9.17) is 10.3 Å². The van der Waals surface area contributed by atoms with Crippen molar-refractivity contribution in [3.63, 3.8) is 0 Å². The summed E-state index contributed by atoms with van der Waals surface area (Å²) in [6.45, 7) is 3.76. The zero-order valence-corrected chi connectivity index (χ0v) is 11.4. The zero-order chi connectivity index (χ0) is 12.3. The van der Waals surface area contributed by atoms with Crippen LogP contribution in [0.2, 0.25) is 0 Å². The molecule has 0 radical (unpaired) electrons. The maximum atomic E-state index is 5.91. The second-order valence-corrected chi connectivity index (χ2v) is 6.43. The van der Waals surface area contributed by atoms with E-state index >= 15 is 0 Å². The van der Waals surface area contributed by atoms with Crippen LogP contribution >= 0.6 is 11.8 Å². The van der Waals surface area contributed by atoms with Gasteiger partial charge in [0.2, 0.25) is 5.89 Å². The van der Waals surface area contributed by atoms with Crippen molar-refractivity contribution in [2.45, 2.75) is 50.8 Å². The molecule has 0 atom stereocenters. The van der Waals surface area contributed by atoms with Gasteiger partial charge in [-0.3, -0.25) is 0 Å². The van der Waals surface area contributed by atoms with E-state index in [1.807, 2.05) is 25.6 Å². The Bertz CT molecular complexity index is 353. The third-order valence-corrected chi connectivity index (χ3v) is 4.26. The van der Waals surface area contributed by atoms with Crippen LogP contribution in [0.4, 0.5) is 0 Å². The fourth-order valence-corrected chi connectivity index (χ4v) is 3.14. The molecule has 5 heteroatoms. The van der Waals surface area contributed by atoms with Crippen molar-refractivity contribution in [3.05, 3.63) is 11.7 Å². The van der Waals surface area contributed by atoms with Crippen LogP contribution < -0.4 is 5.73 Å². The van der Waals surface area contributed by atoms with Crippen molar-refractivity contribution in [1.29, 1.82) is 0 Å². The second kappa shape index (κ2) is 5.40. The number of rotatable bonds is 5. The van der Waals surface area contributed by atoms with Crippen LogP contribution in [0.25, 0.3) is 0 Å². The summed E-state index contributed by atoms with van der Waals surface area (Å²) in [7, 11) is 0. The molecule has 4 nitrogen and oxygen atoms in total. The Balaban J connectivity index is 1.77. The van der Waals surface area contributed by atoms with E-state index in [1.165, 1.54) is 31.4 Å². The van der Waals surface area contributed by atoms with Crippen molar-refractivity contribution in [1.82, 2.24) is 10.1 Å². The first-order valence-corrected chi connectivity index (χ1v) is 7.41. The molecule has 1 fully saturated rings. The monoisotopic (exact) mass is 255 g/mol. The van der Waals surface area contributed by atoms with E-state index in [0.29, 0.717) is 11.7 Å². The Hall–Kier alpha value is -0.550. The van der Waals surface area contributed by atoms with Crippen LogP contribution in [-0.4, -0.2) is 15.9 Å². The molecule has 0 spiro atoms. The number of nitrogens with zero attached hydrogens (tertiary/aromatic N) is 2. The van der Waals surface area contributed by atoms with Gasteiger partial charge in [-0.15, -0.1) is 0 Å². The Morgan fingerprint density at radius 1 is 1.41 bits per heavy atom. The zero-order valence-electron chi connectivity index (χ0n) is 10.6. The summed E-state index contributed by atoms with van der Waals surface area (Å²) in [4.78, 5) is 4.32. The lowest BCUT2D eigenvalue weighted by atomic mass is 10.1. The average molecular weight is 255 g/mol. The Morgan fingerprint density at radius 3 is 2.71 bits per heavy atom. The first-order chi connectivity index (χ1) is 8.05. The summed E-state index contributed by atoms with van der Waals surface area (Å²) in [5.41, 5.74) is 5.39. The highest BCUT2D eigenvalue weighted by atomic mass is 32.2. The molecule has 0 unspecified atom stereocenters. The molecule has 1 aliphatic carbocycles. The largest absolute Gasteiger partial charge is 0.338 e. The molecule has 0 aliphatic heterocycles. The molecule has 1 saturated carbocycles. The molecule has 1 aliphatic rings. The van der Waals surface area contributed by atoms with Crippen molar-refractivity contribution < 1.29 is 4.52 Å². The van der Waals surface area contributed by atoms with Gasteiger partial charge in [0.05, 0.1) is 11.3 Å². The van der Waals surface area contributed by atoms with Gasteiger partial charge in [-0.1, -0.05) is 18.0 Å². The third kappa shape index (κ3) is 3.71. The maximum Gasteiger partial charge on any atom is 0.236 e. The van der Waals surface area contributed by atoms with Gasteiger partial charge >= 0.3 is 0 Å². The normalized spacial score (nSPS) is 17.8. The second-order valence-electron chi connectivity index (χ2n) is 5.40. The lowest BCUT2D eigenvalue weighted by Crippen LogP contribution is -2.30. The van der Waals surface area contributed by atoms with Crippen LogP contribution in [0.15, 0.2) is 4.52 Å². The summed E-state index contributed by atoms with van der Waals surface area (Å²) >= 11 is 1.89. The lowest BCUT2D eigenvalue weighted by molar-refractivity contribution is 0.369. The van der Waals surface area contributed by atoms with Crippen LogP contribution in [0, 0.1) is 5.92 Å². The van der Waals surface area contributed by atoms with Gasteiger partial charge in [0.15, 0.2) is 5.82 Å². The molecule has 17 heavy (non-hydrogen) atoms. The first kappa shape index (κ1) is 12.9. The lowest BCUT2D eigenvalue weighted by Gasteiger charge is -2.11. The van der Waals surface area contributed by atoms with E-state index < -0.39 is 5.54 Å². The molecule has 1 aromatic heterocycles. The van der Waals surface area contributed by atoms with E-state index in [9.17, 15) is 0 Å². The summed E-state index contributed by atoms with van der Waals surface area (Å²) in [6.07, 6.45) is 5.57. The number of hydrogen-bond donors (Lipinski definition) is 1. The Labute approximate surface area is 107 Å². The number of aromatic nitrogens is 2. The van der Waals surface area contributed by atoms with Crippen LogP contribution in [-0.2, 0) is 11.3 Å². The van der Waals surface area contributed by atoms with Crippen molar-refractivity contribution in [2.75, 3.05) is 5.75 Å². The van der Waals surface area contributed by atoms with Crippen LogP contribution in [0.5, 0.6) is 0 Å².